The smallest absolute Gasteiger partial charge is 0.264 e. The molecule has 9 heteroatoms. The van der Waals surface area contributed by atoms with Crippen molar-refractivity contribution >= 4 is 33.2 Å². The van der Waals surface area contributed by atoms with Crippen molar-refractivity contribution in [3.05, 3.63) is 52.5 Å². The molecule has 0 aromatic heterocycles. The van der Waals surface area contributed by atoms with Crippen molar-refractivity contribution in [2.24, 2.45) is 0 Å². The molecule has 2 rings (SSSR count). The van der Waals surface area contributed by atoms with Crippen LogP contribution in [0.3, 0.4) is 0 Å². The van der Waals surface area contributed by atoms with Crippen molar-refractivity contribution in [1.29, 1.82) is 0 Å². The van der Waals surface area contributed by atoms with Gasteiger partial charge in [-0.15, -0.1) is 0 Å². The maximum Gasteiger partial charge on any atom is 0.264 e. The summed E-state index contributed by atoms with van der Waals surface area (Å²) in [5.74, 6) is 0.0175. The highest BCUT2D eigenvalue weighted by atomic mass is 35.5. The van der Waals surface area contributed by atoms with Crippen LogP contribution in [0.4, 0.5) is 5.69 Å². The van der Waals surface area contributed by atoms with Gasteiger partial charge in [-0.3, -0.25) is 9.63 Å². The van der Waals surface area contributed by atoms with Gasteiger partial charge in [0.25, 0.3) is 15.9 Å². The van der Waals surface area contributed by atoms with Gasteiger partial charge in [0.15, 0.2) is 0 Å². The minimum atomic E-state index is -3.77. The van der Waals surface area contributed by atoms with Crippen molar-refractivity contribution in [2.45, 2.75) is 11.8 Å². The summed E-state index contributed by atoms with van der Waals surface area (Å²) >= 11 is 6.05. The number of carbonyl (C=O) groups is 1. The Morgan fingerprint density at radius 1 is 1.15 bits per heavy atom. The van der Waals surface area contributed by atoms with E-state index in [9.17, 15) is 13.2 Å². The molecular formula is C17H19ClN2O5S. The molecule has 0 aliphatic rings. The Hall–Kier alpha value is -2.13. The maximum absolute atomic E-state index is 12.4. The van der Waals surface area contributed by atoms with Crippen LogP contribution in [0.2, 0.25) is 5.02 Å². The second-order valence-electron chi connectivity index (χ2n) is 5.38. The van der Waals surface area contributed by atoms with Crippen LogP contribution in [0.15, 0.2) is 41.3 Å². The maximum atomic E-state index is 12.4. The van der Waals surface area contributed by atoms with Gasteiger partial charge < -0.3 is 10.1 Å². The second-order valence-corrected chi connectivity index (χ2v) is 7.72. The molecule has 26 heavy (non-hydrogen) atoms. The molecule has 0 aliphatic carbocycles. The Morgan fingerprint density at radius 3 is 2.31 bits per heavy atom. The molecule has 2 aromatic rings. The Labute approximate surface area is 157 Å². The molecule has 0 saturated heterocycles. The van der Waals surface area contributed by atoms with E-state index in [2.05, 4.69) is 5.32 Å². The SMILES string of the molecule is COc1cc(Cl)c(C)cc1NC(=O)c1ccc(S(=O)(=O)N(C)OC)cc1. The van der Waals surface area contributed by atoms with E-state index in [-0.39, 0.29) is 4.90 Å². The highest BCUT2D eigenvalue weighted by Crippen LogP contribution is 2.31. The second kappa shape index (κ2) is 8.05. The standard InChI is InChI=1S/C17H19ClN2O5S/c1-11-9-15(16(24-3)10-14(11)18)19-17(21)12-5-7-13(8-6-12)26(22,23)20(2)25-4/h5-10H,1-4H3,(H,19,21). The molecule has 0 aliphatic heterocycles. The number of nitrogens with zero attached hydrogens (tertiary/aromatic N) is 1. The molecule has 2 aromatic carbocycles. The molecule has 1 N–H and O–H groups in total. The summed E-state index contributed by atoms with van der Waals surface area (Å²) in [6.45, 7) is 1.81. The summed E-state index contributed by atoms with van der Waals surface area (Å²) in [5.41, 5.74) is 1.54. The number of hydrogen-bond donors (Lipinski definition) is 1. The molecule has 0 radical (unpaired) electrons. The number of rotatable bonds is 6. The van der Waals surface area contributed by atoms with E-state index in [1.54, 1.807) is 12.1 Å². The quantitative estimate of drug-likeness (QED) is 0.756. The third-order valence-electron chi connectivity index (χ3n) is 3.74. The van der Waals surface area contributed by atoms with Crippen LogP contribution in [0, 0.1) is 6.92 Å². The first-order chi connectivity index (χ1) is 12.2. The average molecular weight is 399 g/mol. The van der Waals surface area contributed by atoms with Crippen LogP contribution >= 0.6 is 11.6 Å². The lowest BCUT2D eigenvalue weighted by molar-refractivity contribution is -0.0258. The van der Waals surface area contributed by atoms with Gasteiger partial charge in [0, 0.05) is 23.7 Å². The lowest BCUT2D eigenvalue weighted by atomic mass is 10.1. The van der Waals surface area contributed by atoms with Gasteiger partial charge in [0.1, 0.15) is 5.75 Å². The number of ether oxygens (including phenoxy) is 1. The van der Waals surface area contributed by atoms with E-state index in [0.29, 0.717) is 22.0 Å². The lowest BCUT2D eigenvalue weighted by Gasteiger charge is -2.14. The summed E-state index contributed by atoms with van der Waals surface area (Å²) in [4.78, 5) is 17.2. The molecular weight excluding hydrogens is 380 g/mol. The number of sulfonamides is 1. The predicted molar refractivity (Wildman–Crippen MR) is 99.1 cm³/mol. The topological polar surface area (TPSA) is 84.9 Å². The Bertz CT molecular complexity index is 913. The average Bonchev–Trinajstić information content (AvgIpc) is 2.63. The van der Waals surface area contributed by atoms with E-state index in [4.69, 9.17) is 21.2 Å². The molecule has 0 atom stereocenters. The van der Waals surface area contributed by atoms with E-state index in [0.717, 1.165) is 10.0 Å². The Kier molecular flexibility index (Phi) is 6.25. The highest BCUT2D eigenvalue weighted by molar-refractivity contribution is 7.89. The van der Waals surface area contributed by atoms with Crippen molar-refractivity contribution in [3.8, 4) is 5.75 Å². The fraction of sp³-hybridized carbons (Fsp3) is 0.235. The molecule has 0 heterocycles. The number of carbonyl (C=O) groups excluding carboxylic acids is 1. The number of benzene rings is 2. The van der Waals surface area contributed by atoms with Crippen molar-refractivity contribution in [1.82, 2.24) is 4.47 Å². The van der Waals surface area contributed by atoms with Gasteiger partial charge in [-0.1, -0.05) is 16.1 Å². The molecule has 0 fully saturated rings. The first-order valence-electron chi connectivity index (χ1n) is 7.49. The number of halogens is 1. The minimum absolute atomic E-state index is 0.0123. The number of nitrogens with one attached hydrogen (secondary N) is 1. The van der Waals surface area contributed by atoms with Crippen LogP contribution in [-0.2, 0) is 14.9 Å². The fourth-order valence-electron chi connectivity index (χ4n) is 2.15. The number of amides is 1. The normalized spacial score (nSPS) is 11.5. The summed E-state index contributed by atoms with van der Waals surface area (Å²) in [5, 5.41) is 3.26. The first-order valence-corrected chi connectivity index (χ1v) is 9.31. The third-order valence-corrected chi connectivity index (χ3v) is 5.84. The van der Waals surface area contributed by atoms with Crippen molar-refractivity contribution in [2.75, 3.05) is 26.6 Å². The Morgan fingerprint density at radius 2 is 1.77 bits per heavy atom. The van der Waals surface area contributed by atoms with Crippen LogP contribution in [0.1, 0.15) is 15.9 Å². The molecule has 0 unspecified atom stereocenters. The summed E-state index contributed by atoms with van der Waals surface area (Å²) in [7, 11) is 0.242. The van der Waals surface area contributed by atoms with Gasteiger partial charge in [-0.05, 0) is 42.8 Å². The number of hydrogen-bond acceptors (Lipinski definition) is 5. The predicted octanol–water partition coefficient (Wildman–Crippen LogP) is 3.09. The molecule has 7 nitrogen and oxygen atoms in total. The van der Waals surface area contributed by atoms with Crippen LogP contribution in [0.5, 0.6) is 5.75 Å². The van der Waals surface area contributed by atoms with Crippen molar-refractivity contribution in [3.63, 3.8) is 0 Å². The molecule has 1 amide bonds. The number of anilines is 1. The van der Waals surface area contributed by atoms with Gasteiger partial charge in [0.2, 0.25) is 0 Å². The zero-order valence-corrected chi connectivity index (χ0v) is 16.3. The van der Waals surface area contributed by atoms with Crippen LogP contribution in [-0.4, -0.2) is 40.1 Å². The lowest BCUT2D eigenvalue weighted by Crippen LogP contribution is -2.25. The first kappa shape index (κ1) is 20.2. The van der Waals surface area contributed by atoms with Crippen molar-refractivity contribution < 1.29 is 22.8 Å². The van der Waals surface area contributed by atoms with Crippen LogP contribution < -0.4 is 10.1 Å². The van der Waals surface area contributed by atoms with E-state index < -0.39 is 15.9 Å². The van der Waals surface area contributed by atoms with Crippen LogP contribution in [0.25, 0.3) is 0 Å². The Balaban J connectivity index is 2.26. The summed E-state index contributed by atoms with van der Waals surface area (Å²) in [6.07, 6.45) is 0. The number of methoxy groups -OCH3 is 1. The molecule has 0 saturated carbocycles. The van der Waals surface area contributed by atoms with E-state index in [1.807, 2.05) is 6.92 Å². The van der Waals surface area contributed by atoms with Gasteiger partial charge in [-0.25, -0.2) is 8.42 Å². The number of hydroxylamine groups is 1. The van der Waals surface area contributed by atoms with E-state index in [1.165, 1.54) is 45.5 Å². The number of aryl methyl sites for hydroxylation is 1. The highest BCUT2D eigenvalue weighted by Gasteiger charge is 2.21. The van der Waals surface area contributed by atoms with Gasteiger partial charge in [-0.2, -0.15) is 0 Å². The van der Waals surface area contributed by atoms with Gasteiger partial charge in [0.05, 0.1) is 24.8 Å². The molecule has 0 bridgehead atoms. The minimum Gasteiger partial charge on any atom is -0.495 e. The largest absolute Gasteiger partial charge is 0.495 e. The zero-order chi connectivity index (χ0) is 19.5. The fourth-order valence-corrected chi connectivity index (χ4v) is 3.28. The third kappa shape index (κ3) is 4.16. The zero-order valence-electron chi connectivity index (χ0n) is 14.7. The van der Waals surface area contributed by atoms with E-state index >= 15 is 0 Å². The van der Waals surface area contributed by atoms with Gasteiger partial charge >= 0.3 is 0 Å². The summed E-state index contributed by atoms with van der Waals surface area (Å²) < 4.78 is 30.3. The monoisotopic (exact) mass is 398 g/mol. The summed E-state index contributed by atoms with van der Waals surface area (Å²) in [6, 6.07) is 8.82. The molecule has 140 valence electrons. The molecule has 0 spiro atoms.